The van der Waals surface area contributed by atoms with Gasteiger partial charge in [-0.2, -0.15) is 0 Å². The Kier molecular flexibility index (Phi) is 4.16. The maximum Gasteiger partial charge on any atom is 0.269 e. The van der Waals surface area contributed by atoms with Gasteiger partial charge in [-0.3, -0.25) is 14.9 Å². The summed E-state index contributed by atoms with van der Waals surface area (Å²) in [5, 5.41) is 14.4. The average Bonchev–Trinajstić information content (AvgIpc) is 2.89. The van der Waals surface area contributed by atoms with E-state index in [1.807, 2.05) is 12.1 Å². The van der Waals surface area contributed by atoms with Gasteiger partial charge >= 0.3 is 0 Å². The Bertz CT molecular complexity index is 748. The van der Waals surface area contributed by atoms with Crippen molar-refractivity contribution in [3.8, 4) is 0 Å². The second-order valence-electron chi connectivity index (χ2n) is 5.26. The first-order valence-corrected chi connectivity index (χ1v) is 7.50. The van der Waals surface area contributed by atoms with E-state index in [9.17, 15) is 14.9 Å². The fourth-order valence-electron chi connectivity index (χ4n) is 2.59. The molecule has 0 spiro atoms. The van der Waals surface area contributed by atoms with E-state index >= 15 is 0 Å². The Morgan fingerprint density at radius 1 is 1.22 bits per heavy atom. The molecule has 118 valence electrons. The van der Waals surface area contributed by atoms with Crippen LogP contribution in [0.3, 0.4) is 0 Å². The molecule has 1 fully saturated rings. The third-order valence-corrected chi connectivity index (χ3v) is 3.98. The number of nitrogens with one attached hydrogen (secondary N) is 1. The third kappa shape index (κ3) is 3.27. The quantitative estimate of drug-likeness (QED) is 0.687. The molecule has 1 aliphatic heterocycles. The van der Waals surface area contributed by atoms with Crippen LogP contribution < -0.4 is 10.2 Å². The molecule has 0 aliphatic carbocycles. The van der Waals surface area contributed by atoms with Crippen LogP contribution in [0.4, 0.5) is 17.1 Å². The van der Waals surface area contributed by atoms with Gasteiger partial charge in [-0.15, -0.1) is 0 Å². The number of nitro groups is 1. The second-order valence-corrected chi connectivity index (χ2v) is 5.70. The van der Waals surface area contributed by atoms with Gasteiger partial charge in [-0.05, 0) is 36.8 Å². The number of benzene rings is 2. The van der Waals surface area contributed by atoms with Gasteiger partial charge in [0, 0.05) is 35.1 Å². The summed E-state index contributed by atoms with van der Waals surface area (Å²) in [4.78, 5) is 24.4. The first-order valence-electron chi connectivity index (χ1n) is 7.12. The number of nitro benzene ring substituents is 1. The second kappa shape index (κ2) is 6.26. The van der Waals surface area contributed by atoms with Crippen molar-refractivity contribution in [2.24, 2.45) is 0 Å². The van der Waals surface area contributed by atoms with E-state index in [4.69, 9.17) is 11.6 Å². The van der Waals surface area contributed by atoms with Crippen LogP contribution in [0.25, 0.3) is 0 Å². The highest BCUT2D eigenvalue weighted by atomic mass is 35.5. The molecular weight excluding hydrogens is 318 g/mol. The predicted molar refractivity (Wildman–Crippen MR) is 88.9 cm³/mol. The first kappa shape index (κ1) is 15.3. The van der Waals surface area contributed by atoms with Crippen molar-refractivity contribution >= 4 is 34.6 Å². The van der Waals surface area contributed by atoms with Crippen molar-refractivity contribution in [3.63, 3.8) is 0 Å². The lowest BCUT2D eigenvalue weighted by Gasteiger charge is -2.18. The minimum Gasteiger partial charge on any atom is -0.374 e. The van der Waals surface area contributed by atoms with Crippen LogP contribution >= 0.6 is 11.6 Å². The molecule has 0 saturated carbocycles. The third-order valence-electron chi connectivity index (χ3n) is 3.74. The molecule has 1 atom stereocenters. The number of non-ortho nitro benzene ring substituents is 1. The molecule has 0 bridgehead atoms. The highest BCUT2D eigenvalue weighted by molar-refractivity contribution is 6.31. The van der Waals surface area contributed by atoms with E-state index in [0.29, 0.717) is 23.7 Å². The molecule has 6 nitrogen and oxygen atoms in total. The van der Waals surface area contributed by atoms with Crippen LogP contribution in [0.2, 0.25) is 5.02 Å². The molecule has 1 N–H and O–H groups in total. The van der Waals surface area contributed by atoms with Crippen LogP contribution in [0.1, 0.15) is 6.42 Å². The Balaban J connectivity index is 1.70. The zero-order valence-corrected chi connectivity index (χ0v) is 12.9. The van der Waals surface area contributed by atoms with Gasteiger partial charge in [0.2, 0.25) is 5.91 Å². The standard InChI is InChI=1S/C16H14ClN3O3/c17-11-2-1-3-14(10-11)19-9-8-15(16(19)21)18-12-4-6-13(7-5-12)20(22)23/h1-7,10,15,18H,8-9H2. The normalized spacial score (nSPS) is 17.3. The Hall–Kier alpha value is -2.60. The molecule has 1 heterocycles. The van der Waals surface area contributed by atoms with Gasteiger partial charge in [0.25, 0.3) is 5.69 Å². The molecule has 2 aromatic rings. The van der Waals surface area contributed by atoms with Crippen molar-refractivity contribution in [2.75, 3.05) is 16.8 Å². The highest BCUT2D eigenvalue weighted by Gasteiger charge is 2.32. The zero-order valence-electron chi connectivity index (χ0n) is 12.1. The number of amides is 1. The van der Waals surface area contributed by atoms with E-state index < -0.39 is 4.92 Å². The maximum atomic E-state index is 12.5. The molecule has 1 unspecified atom stereocenters. The first-order chi connectivity index (χ1) is 11.0. The molecule has 1 aliphatic rings. The van der Waals surface area contributed by atoms with Gasteiger partial charge in [0.05, 0.1) is 4.92 Å². The topological polar surface area (TPSA) is 75.5 Å². The van der Waals surface area contributed by atoms with E-state index in [-0.39, 0.29) is 17.6 Å². The maximum absolute atomic E-state index is 12.5. The Morgan fingerprint density at radius 2 is 1.96 bits per heavy atom. The fourth-order valence-corrected chi connectivity index (χ4v) is 2.78. The minimum atomic E-state index is -0.453. The lowest BCUT2D eigenvalue weighted by atomic mass is 10.2. The van der Waals surface area contributed by atoms with E-state index in [1.54, 1.807) is 29.2 Å². The largest absolute Gasteiger partial charge is 0.374 e. The van der Waals surface area contributed by atoms with Crippen molar-refractivity contribution in [2.45, 2.75) is 12.5 Å². The van der Waals surface area contributed by atoms with E-state index in [1.165, 1.54) is 12.1 Å². The number of anilines is 2. The van der Waals surface area contributed by atoms with Crippen LogP contribution in [0.5, 0.6) is 0 Å². The van der Waals surface area contributed by atoms with E-state index in [0.717, 1.165) is 5.69 Å². The highest BCUT2D eigenvalue weighted by Crippen LogP contribution is 2.26. The average molecular weight is 332 g/mol. The van der Waals surface area contributed by atoms with Crippen molar-refractivity contribution in [1.82, 2.24) is 0 Å². The molecule has 7 heteroatoms. The molecule has 2 aromatic carbocycles. The lowest BCUT2D eigenvalue weighted by Crippen LogP contribution is -2.33. The number of halogens is 1. The van der Waals surface area contributed by atoms with Crippen LogP contribution in [0, 0.1) is 10.1 Å². The summed E-state index contributed by atoms with van der Waals surface area (Å²) in [6, 6.07) is 12.9. The summed E-state index contributed by atoms with van der Waals surface area (Å²) in [5.41, 5.74) is 1.48. The molecule has 1 amide bonds. The lowest BCUT2D eigenvalue weighted by molar-refractivity contribution is -0.384. The van der Waals surface area contributed by atoms with Crippen LogP contribution in [-0.4, -0.2) is 23.4 Å². The summed E-state index contributed by atoms with van der Waals surface area (Å²) in [6.45, 7) is 0.601. The molecule has 23 heavy (non-hydrogen) atoms. The summed E-state index contributed by atoms with van der Waals surface area (Å²) < 4.78 is 0. The number of carbonyl (C=O) groups is 1. The predicted octanol–water partition coefficient (Wildman–Crippen LogP) is 3.47. The number of hydrogen-bond donors (Lipinski definition) is 1. The molecule has 1 saturated heterocycles. The number of nitrogens with zero attached hydrogens (tertiary/aromatic N) is 2. The molecule has 0 aromatic heterocycles. The smallest absolute Gasteiger partial charge is 0.269 e. The van der Waals surface area contributed by atoms with Crippen LogP contribution in [0.15, 0.2) is 48.5 Å². The van der Waals surface area contributed by atoms with Gasteiger partial charge in [0.1, 0.15) is 6.04 Å². The Labute approximate surface area is 137 Å². The fraction of sp³-hybridized carbons (Fsp3) is 0.188. The molecular formula is C16H14ClN3O3. The van der Waals surface area contributed by atoms with Gasteiger partial charge in [-0.25, -0.2) is 0 Å². The molecule has 3 rings (SSSR count). The zero-order chi connectivity index (χ0) is 16.4. The van der Waals surface area contributed by atoms with Crippen LogP contribution in [-0.2, 0) is 4.79 Å². The SMILES string of the molecule is O=C1C(Nc2ccc([N+](=O)[O-])cc2)CCN1c1cccc(Cl)c1. The summed E-state index contributed by atoms with van der Waals surface area (Å²) in [7, 11) is 0. The van der Waals surface area contributed by atoms with Gasteiger partial charge in [0.15, 0.2) is 0 Å². The summed E-state index contributed by atoms with van der Waals surface area (Å²) in [5.74, 6) is -0.0365. The number of hydrogen-bond acceptors (Lipinski definition) is 4. The summed E-state index contributed by atoms with van der Waals surface area (Å²) >= 11 is 5.97. The van der Waals surface area contributed by atoms with E-state index in [2.05, 4.69) is 5.32 Å². The number of carbonyl (C=O) groups excluding carboxylic acids is 1. The summed E-state index contributed by atoms with van der Waals surface area (Å²) in [6.07, 6.45) is 0.655. The Morgan fingerprint density at radius 3 is 2.61 bits per heavy atom. The van der Waals surface area contributed by atoms with Crippen molar-refractivity contribution < 1.29 is 9.72 Å². The monoisotopic (exact) mass is 331 g/mol. The van der Waals surface area contributed by atoms with Crippen molar-refractivity contribution in [3.05, 3.63) is 63.7 Å². The minimum absolute atomic E-state index is 0.0221. The van der Waals surface area contributed by atoms with Gasteiger partial charge < -0.3 is 10.2 Å². The van der Waals surface area contributed by atoms with Gasteiger partial charge in [-0.1, -0.05) is 17.7 Å². The molecule has 0 radical (unpaired) electrons. The number of rotatable bonds is 4. The van der Waals surface area contributed by atoms with Crippen molar-refractivity contribution in [1.29, 1.82) is 0 Å².